The predicted molar refractivity (Wildman–Crippen MR) is 50.1 cm³/mol. The monoisotopic (exact) mass is 294 g/mol. The van der Waals surface area contributed by atoms with E-state index in [1.165, 1.54) is 4.98 Å². The van der Waals surface area contributed by atoms with Gasteiger partial charge < -0.3 is 4.98 Å². The molecule has 0 radical (unpaired) electrons. The number of H-pyrrole nitrogens is 1. The van der Waals surface area contributed by atoms with Gasteiger partial charge in [0.2, 0.25) is 0 Å². The molecule has 1 aromatic rings. The molecule has 0 aliphatic rings. The molecule has 0 fully saturated rings. The number of hydrogen-bond acceptors (Lipinski definition) is 3. The standard InChI is InChI=1S/C8HF7N4.Li.H/c9-6(10,7(11,12)8(13,14)15)5-18-3(1-16)4(2-17)19-5;;/h(H,18,19);;. The van der Waals surface area contributed by atoms with Crippen LogP contribution in [0.25, 0.3) is 0 Å². The first-order valence-electron chi connectivity index (χ1n) is 4.22. The van der Waals surface area contributed by atoms with Crippen molar-refractivity contribution in [2.45, 2.75) is 18.0 Å². The Hall–Kier alpha value is -1.70. The number of aromatic nitrogens is 2. The van der Waals surface area contributed by atoms with E-state index in [2.05, 4.69) is 4.98 Å². The number of nitriles is 2. The molecule has 0 amide bonds. The maximum absolute atomic E-state index is 13.1. The Morgan fingerprint density at radius 1 is 0.950 bits per heavy atom. The molecule has 0 saturated carbocycles. The van der Waals surface area contributed by atoms with Crippen LogP contribution < -0.4 is 0 Å². The van der Waals surface area contributed by atoms with Crippen LogP contribution >= 0.6 is 0 Å². The fourth-order valence-corrected chi connectivity index (χ4v) is 1.01. The quantitative estimate of drug-likeness (QED) is 0.667. The topological polar surface area (TPSA) is 76.3 Å². The number of halogens is 7. The molecule has 0 atom stereocenters. The van der Waals surface area contributed by atoms with Gasteiger partial charge in [-0.2, -0.15) is 41.3 Å². The molecule has 1 N–H and O–H groups in total. The third kappa shape index (κ3) is 2.60. The number of nitrogens with zero attached hydrogens (tertiary/aromatic N) is 3. The van der Waals surface area contributed by atoms with E-state index in [1.54, 1.807) is 0 Å². The first-order chi connectivity index (χ1) is 8.49. The number of nitrogens with one attached hydrogen (secondary N) is 1. The number of imidazole rings is 1. The molecule has 4 nitrogen and oxygen atoms in total. The van der Waals surface area contributed by atoms with Gasteiger partial charge in [0.1, 0.15) is 12.1 Å². The minimum absolute atomic E-state index is 0. The van der Waals surface area contributed by atoms with Gasteiger partial charge in [0.25, 0.3) is 0 Å². The Morgan fingerprint density at radius 2 is 1.45 bits per heavy atom. The van der Waals surface area contributed by atoms with E-state index in [-0.39, 0.29) is 18.9 Å². The minimum atomic E-state index is -6.52. The Kier molecular flexibility index (Phi) is 4.90. The number of hydrogen-bond donors (Lipinski definition) is 1. The molecule has 104 valence electrons. The van der Waals surface area contributed by atoms with Crippen molar-refractivity contribution in [3.63, 3.8) is 0 Å². The second-order valence-electron chi connectivity index (χ2n) is 3.18. The van der Waals surface area contributed by atoms with Gasteiger partial charge in [0.15, 0.2) is 17.2 Å². The molecule has 1 aromatic heterocycles. The van der Waals surface area contributed by atoms with Gasteiger partial charge in [0, 0.05) is 0 Å². The molecule has 0 aromatic carbocycles. The number of aromatic amines is 1. The average Bonchev–Trinajstić information content (AvgIpc) is 2.70. The third-order valence-electron chi connectivity index (χ3n) is 1.97. The van der Waals surface area contributed by atoms with Gasteiger partial charge in [-0.25, -0.2) is 4.98 Å². The van der Waals surface area contributed by atoms with Crippen LogP contribution in [0.2, 0.25) is 0 Å². The molecule has 0 spiro atoms. The van der Waals surface area contributed by atoms with Crippen molar-refractivity contribution in [3.05, 3.63) is 17.2 Å². The normalized spacial score (nSPS) is 12.2. The summed E-state index contributed by atoms with van der Waals surface area (Å²) >= 11 is 0. The summed E-state index contributed by atoms with van der Waals surface area (Å²) in [4.78, 5) is 3.86. The second kappa shape index (κ2) is 5.35. The van der Waals surface area contributed by atoms with Crippen molar-refractivity contribution in [3.8, 4) is 12.1 Å². The Morgan fingerprint density at radius 3 is 1.75 bits per heavy atom. The molecular formula is C8H2F7LiN4. The molecular weight excluding hydrogens is 292 g/mol. The van der Waals surface area contributed by atoms with Crippen LogP contribution in [0.5, 0.6) is 0 Å². The molecule has 0 saturated heterocycles. The van der Waals surface area contributed by atoms with E-state index >= 15 is 0 Å². The fraction of sp³-hybridized carbons (Fsp3) is 0.375. The Labute approximate surface area is 118 Å². The van der Waals surface area contributed by atoms with E-state index in [1.807, 2.05) is 0 Å². The van der Waals surface area contributed by atoms with Crippen molar-refractivity contribution in [1.82, 2.24) is 9.97 Å². The van der Waals surface area contributed by atoms with Gasteiger partial charge in [-0.15, -0.1) is 0 Å². The summed E-state index contributed by atoms with van der Waals surface area (Å²) in [6, 6.07) is 2.23. The predicted octanol–water partition coefficient (Wildman–Crippen LogP) is 1.79. The zero-order valence-corrected chi connectivity index (χ0v) is 8.49. The second-order valence-corrected chi connectivity index (χ2v) is 3.18. The molecule has 1 heterocycles. The van der Waals surface area contributed by atoms with E-state index < -0.39 is 35.2 Å². The fourth-order valence-electron chi connectivity index (χ4n) is 1.01. The first kappa shape index (κ1) is 18.3. The van der Waals surface area contributed by atoms with E-state index in [0.717, 1.165) is 12.1 Å². The molecule has 20 heavy (non-hydrogen) atoms. The molecule has 0 aliphatic carbocycles. The van der Waals surface area contributed by atoms with Gasteiger partial charge in [-0.1, -0.05) is 0 Å². The van der Waals surface area contributed by atoms with E-state index in [4.69, 9.17) is 10.5 Å². The van der Waals surface area contributed by atoms with Crippen LogP contribution in [0.1, 0.15) is 17.2 Å². The summed E-state index contributed by atoms with van der Waals surface area (Å²) in [5.74, 6) is -14.3. The molecule has 1 rings (SSSR count). The van der Waals surface area contributed by atoms with Gasteiger partial charge in [-0.3, -0.25) is 0 Å². The summed E-state index contributed by atoms with van der Waals surface area (Å²) in [6.45, 7) is 0. The van der Waals surface area contributed by atoms with Crippen LogP contribution in [0.4, 0.5) is 30.7 Å². The van der Waals surface area contributed by atoms with Crippen LogP contribution in [0, 0.1) is 22.7 Å². The van der Waals surface area contributed by atoms with Gasteiger partial charge >= 0.3 is 36.9 Å². The van der Waals surface area contributed by atoms with Crippen molar-refractivity contribution >= 4 is 18.9 Å². The third-order valence-corrected chi connectivity index (χ3v) is 1.97. The SMILES string of the molecule is N#Cc1nc(C(F)(F)C(F)(F)C(F)(F)F)[nH]c1C#N.[LiH]. The maximum atomic E-state index is 13.1. The van der Waals surface area contributed by atoms with Crippen LogP contribution in [-0.4, -0.2) is 40.9 Å². The molecule has 12 heteroatoms. The summed E-state index contributed by atoms with van der Waals surface area (Å²) in [5, 5.41) is 16.7. The zero-order valence-electron chi connectivity index (χ0n) is 8.49. The van der Waals surface area contributed by atoms with E-state index in [9.17, 15) is 30.7 Å². The summed E-state index contributed by atoms with van der Waals surface area (Å²) in [5.41, 5.74) is -1.94. The van der Waals surface area contributed by atoms with Crippen molar-refractivity contribution < 1.29 is 30.7 Å². The van der Waals surface area contributed by atoms with Crippen molar-refractivity contribution in [2.24, 2.45) is 0 Å². The average molecular weight is 294 g/mol. The Bertz CT molecular complexity index is 546. The molecule has 0 bridgehead atoms. The summed E-state index contributed by atoms with van der Waals surface area (Å²) in [6.07, 6.45) is -6.52. The van der Waals surface area contributed by atoms with E-state index in [0.29, 0.717) is 0 Å². The molecule has 0 unspecified atom stereocenters. The first-order valence-corrected chi connectivity index (χ1v) is 4.22. The number of rotatable bonds is 2. The number of alkyl halides is 7. The van der Waals surface area contributed by atoms with Gasteiger partial charge in [-0.05, 0) is 0 Å². The van der Waals surface area contributed by atoms with Crippen molar-refractivity contribution in [1.29, 1.82) is 10.5 Å². The van der Waals surface area contributed by atoms with Crippen LogP contribution in [0.15, 0.2) is 0 Å². The van der Waals surface area contributed by atoms with Gasteiger partial charge in [0.05, 0.1) is 0 Å². The van der Waals surface area contributed by atoms with Crippen molar-refractivity contribution in [2.75, 3.05) is 0 Å². The molecule has 0 aliphatic heterocycles. The summed E-state index contributed by atoms with van der Waals surface area (Å²) in [7, 11) is 0. The summed E-state index contributed by atoms with van der Waals surface area (Å²) < 4.78 is 87.2. The van der Waals surface area contributed by atoms with Crippen LogP contribution in [-0.2, 0) is 5.92 Å². The van der Waals surface area contributed by atoms with Crippen LogP contribution in [0.3, 0.4) is 0 Å². The Balaban J connectivity index is 0.00000361. The zero-order chi connectivity index (χ0) is 15.1.